The summed E-state index contributed by atoms with van der Waals surface area (Å²) in [5.41, 5.74) is 0.216. The van der Waals surface area contributed by atoms with Gasteiger partial charge in [0.2, 0.25) is 5.91 Å². The lowest BCUT2D eigenvalue weighted by Crippen LogP contribution is -2.47. The van der Waals surface area contributed by atoms with Crippen LogP contribution in [-0.2, 0) is 9.53 Å². The van der Waals surface area contributed by atoms with Crippen molar-refractivity contribution < 1.29 is 14.3 Å². The summed E-state index contributed by atoms with van der Waals surface area (Å²) in [6.07, 6.45) is 6.40. The Kier molecular flexibility index (Phi) is 8.02. The summed E-state index contributed by atoms with van der Waals surface area (Å²) in [6, 6.07) is 5.47. The molecule has 2 aliphatic rings. The third kappa shape index (κ3) is 5.03. The molecule has 0 atom stereocenters. The number of hydrogen-bond donors (Lipinski definition) is 2. The summed E-state index contributed by atoms with van der Waals surface area (Å²) in [5.74, 6) is 0.691. The van der Waals surface area contributed by atoms with Crippen LogP contribution in [0.4, 0.5) is 5.69 Å². The van der Waals surface area contributed by atoms with Crippen molar-refractivity contribution in [2.45, 2.75) is 44.6 Å². The molecule has 1 aromatic rings. The van der Waals surface area contributed by atoms with E-state index in [1.54, 1.807) is 13.2 Å². The van der Waals surface area contributed by atoms with Crippen molar-refractivity contribution in [1.29, 1.82) is 0 Å². The number of nitrogens with one attached hydrogen (secondary N) is 2. The number of halogens is 2. The number of piperidine rings is 1. The second kappa shape index (κ2) is 9.79. The Hall–Kier alpha value is -1.01. The van der Waals surface area contributed by atoms with E-state index in [4.69, 9.17) is 21.1 Å². The van der Waals surface area contributed by atoms with Gasteiger partial charge in [0.05, 0.1) is 23.1 Å². The minimum atomic E-state index is -0.481. The van der Waals surface area contributed by atoms with Crippen LogP contribution < -0.4 is 15.4 Å². The number of carbonyl (C=O) groups is 1. The number of anilines is 1. The maximum Gasteiger partial charge on any atom is 0.233 e. The second-order valence-electron chi connectivity index (χ2n) is 7.09. The Balaban J connectivity index is 0.00000243. The molecular weight excluding hydrogens is 375 g/mol. The molecule has 3 rings (SSSR count). The maximum absolute atomic E-state index is 12.9. The van der Waals surface area contributed by atoms with Gasteiger partial charge < -0.3 is 20.1 Å². The highest BCUT2D eigenvalue weighted by Gasteiger charge is 2.39. The van der Waals surface area contributed by atoms with Gasteiger partial charge >= 0.3 is 0 Å². The molecule has 5 nitrogen and oxygen atoms in total. The third-order valence-electron chi connectivity index (χ3n) is 5.25. The summed E-state index contributed by atoms with van der Waals surface area (Å²) in [6.45, 7) is 2.08. The highest BCUT2D eigenvalue weighted by Crippen LogP contribution is 2.34. The number of methoxy groups -OCH3 is 1. The number of rotatable bonds is 6. The standard InChI is InChI=1S/C19H27ClN2O3.ClH/c1-24-13-19(8-10-21-11-9-19)18(23)22-14-6-7-17(16(20)12-14)25-15-4-2-3-5-15;/h6-7,12,15,21H,2-5,8-11,13H2,1H3,(H,22,23);1H. The first kappa shape index (κ1) is 21.3. The first-order valence-corrected chi connectivity index (χ1v) is 9.48. The summed E-state index contributed by atoms with van der Waals surface area (Å²) >= 11 is 6.36. The third-order valence-corrected chi connectivity index (χ3v) is 5.54. The Morgan fingerprint density at radius 3 is 2.62 bits per heavy atom. The van der Waals surface area contributed by atoms with Gasteiger partial charge in [-0.3, -0.25) is 4.79 Å². The minimum Gasteiger partial charge on any atom is -0.489 e. The van der Waals surface area contributed by atoms with E-state index < -0.39 is 5.41 Å². The van der Waals surface area contributed by atoms with E-state index in [1.165, 1.54) is 12.8 Å². The molecule has 1 aliphatic heterocycles. The van der Waals surface area contributed by atoms with E-state index in [0.717, 1.165) is 38.8 Å². The van der Waals surface area contributed by atoms with Crippen LogP contribution in [0.25, 0.3) is 0 Å². The van der Waals surface area contributed by atoms with Gasteiger partial charge in [0.25, 0.3) is 0 Å². The normalized spacial score (nSPS) is 19.6. The quantitative estimate of drug-likeness (QED) is 0.753. The van der Waals surface area contributed by atoms with Crippen LogP contribution in [0.1, 0.15) is 38.5 Å². The largest absolute Gasteiger partial charge is 0.489 e. The van der Waals surface area contributed by atoms with Crippen molar-refractivity contribution in [2.75, 3.05) is 32.1 Å². The number of amides is 1. The molecular formula is C19H28Cl2N2O3. The molecule has 146 valence electrons. The minimum absolute atomic E-state index is 0. The van der Waals surface area contributed by atoms with Gasteiger partial charge in [0.1, 0.15) is 5.75 Å². The lowest BCUT2D eigenvalue weighted by Gasteiger charge is -2.35. The second-order valence-corrected chi connectivity index (χ2v) is 7.49. The molecule has 1 aromatic carbocycles. The van der Waals surface area contributed by atoms with Crippen molar-refractivity contribution in [3.8, 4) is 5.75 Å². The lowest BCUT2D eigenvalue weighted by atomic mass is 9.78. The molecule has 1 aliphatic carbocycles. The van der Waals surface area contributed by atoms with Crippen LogP contribution in [0, 0.1) is 5.41 Å². The summed E-state index contributed by atoms with van der Waals surface area (Å²) in [4.78, 5) is 12.9. The highest BCUT2D eigenvalue weighted by molar-refractivity contribution is 6.32. The van der Waals surface area contributed by atoms with E-state index in [2.05, 4.69) is 10.6 Å². The van der Waals surface area contributed by atoms with Gasteiger partial charge in [0.15, 0.2) is 0 Å². The number of ether oxygens (including phenoxy) is 2. The van der Waals surface area contributed by atoms with E-state index in [1.807, 2.05) is 12.1 Å². The van der Waals surface area contributed by atoms with Crippen LogP contribution in [-0.4, -0.2) is 38.8 Å². The van der Waals surface area contributed by atoms with Crippen LogP contribution in [0.5, 0.6) is 5.75 Å². The Morgan fingerprint density at radius 1 is 1.31 bits per heavy atom. The molecule has 1 saturated heterocycles. The topological polar surface area (TPSA) is 59.6 Å². The van der Waals surface area contributed by atoms with Gasteiger partial charge in [0, 0.05) is 12.8 Å². The number of carbonyl (C=O) groups excluding carboxylic acids is 1. The molecule has 0 aromatic heterocycles. The predicted molar refractivity (Wildman–Crippen MR) is 107 cm³/mol. The first-order valence-electron chi connectivity index (χ1n) is 9.10. The van der Waals surface area contributed by atoms with E-state index in [0.29, 0.717) is 23.1 Å². The van der Waals surface area contributed by atoms with Gasteiger partial charge in [-0.15, -0.1) is 12.4 Å². The summed E-state index contributed by atoms with van der Waals surface area (Å²) < 4.78 is 11.3. The lowest BCUT2D eigenvalue weighted by molar-refractivity contribution is -0.130. The zero-order chi connectivity index (χ0) is 17.7. The van der Waals surface area contributed by atoms with Crippen molar-refractivity contribution in [3.63, 3.8) is 0 Å². The van der Waals surface area contributed by atoms with E-state index in [9.17, 15) is 4.79 Å². The SMILES string of the molecule is COCC1(C(=O)Nc2ccc(OC3CCCC3)c(Cl)c2)CCNCC1.Cl. The van der Waals surface area contributed by atoms with Crippen molar-refractivity contribution in [2.24, 2.45) is 5.41 Å². The molecule has 0 bridgehead atoms. The predicted octanol–water partition coefficient (Wildman–Crippen LogP) is 4.04. The molecule has 1 amide bonds. The average molecular weight is 403 g/mol. The van der Waals surface area contributed by atoms with Gasteiger partial charge in [-0.1, -0.05) is 11.6 Å². The monoisotopic (exact) mass is 402 g/mol. The highest BCUT2D eigenvalue weighted by atomic mass is 35.5. The van der Waals surface area contributed by atoms with Crippen LogP contribution in [0.15, 0.2) is 18.2 Å². The average Bonchev–Trinajstić information content (AvgIpc) is 3.11. The fraction of sp³-hybridized carbons (Fsp3) is 0.632. The Labute approximate surface area is 166 Å². The van der Waals surface area contributed by atoms with Crippen LogP contribution >= 0.6 is 24.0 Å². The number of benzene rings is 1. The molecule has 7 heteroatoms. The fourth-order valence-electron chi connectivity index (χ4n) is 3.74. The van der Waals surface area contributed by atoms with E-state index >= 15 is 0 Å². The van der Waals surface area contributed by atoms with Gasteiger partial charge in [-0.05, 0) is 69.8 Å². The molecule has 26 heavy (non-hydrogen) atoms. The zero-order valence-electron chi connectivity index (χ0n) is 15.2. The molecule has 0 radical (unpaired) electrons. The maximum atomic E-state index is 12.9. The summed E-state index contributed by atoms with van der Waals surface area (Å²) in [7, 11) is 1.64. The van der Waals surface area contributed by atoms with Crippen LogP contribution in [0.2, 0.25) is 5.02 Å². The molecule has 0 unspecified atom stereocenters. The van der Waals surface area contributed by atoms with E-state index in [-0.39, 0.29) is 24.4 Å². The van der Waals surface area contributed by atoms with Crippen molar-refractivity contribution >= 4 is 35.6 Å². The Morgan fingerprint density at radius 2 is 2.00 bits per heavy atom. The fourth-order valence-corrected chi connectivity index (χ4v) is 3.97. The van der Waals surface area contributed by atoms with Gasteiger partial charge in [-0.25, -0.2) is 0 Å². The molecule has 0 spiro atoms. The smallest absolute Gasteiger partial charge is 0.233 e. The first-order chi connectivity index (χ1) is 12.1. The molecule has 2 N–H and O–H groups in total. The van der Waals surface area contributed by atoms with Crippen molar-refractivity contribution in [1.82, 2.24) is 5.32 Å². The molecule has 1 saturated carbocycles. The van der Waals surface area contributed by atoms with Crippen molar-refractivity contribution in [3.05, 3.63) is 23.2 Å². The molecule has 1 heterocycles. The van der Waals surface area contributed by atoms with Gasteiger partial charge in [-0.2, -0.15) is 0 Å². The Bertz CT molecular complexity index is 595. The zero-order valence-corrected chi connectivity index (χ0v) is 16.8. The summed E-state index contributed by atoms with van der Waals surface area (Å²) in [5, 5.41) is 6.84. The van der Waals surface area contributed by atoms with Crippen LogP contribution in [0.3, 0.4) is 0 Å². The number of hydrogen-bond acceptors (Lipinski definition) is 4. The molecule has 2 fully saturated rings.